The van der Waals surface area contributed by atoms with Crippen LogP contribution in [0.4, 0.5) is 5.82 Å². The lowest BCUT2D eigenvalue weighted by Crippen LogP contribution is -2.49. The van der Waals surface area contributed by atoms with Crippen molar-refractivity contribution in [1.29, 1.82) is 0 Å². The van der Waals surface area contributed by atoms with Gasteiger partial charge in [0.25, 0.3) is 0 Å². The minimum absolute atomic E-state index is 0.258. The van der Waals surface area contributed by atoms with Crippen LogP contribution in [0.3, 0.4) is 0 Å². The number of rotatable bonds is 7. The monoisotopic (exact) mass is 396 g/mol. The molecule has 158 valence electrons. The summed E-state index contributed by atoms with van der Waals surface area (Å²) >= 11 is 0. The zero-order chi connectivity index (χ0) is 21.0. The van der Waals surface area contributed by atoms with E-state index in [1.54, 1.807) is 0 Å². The summed E-state index contributed by atoms with van der Waals surface area (Å²) in [5, 5.41) is 10.2. The van der Waals surface area contributed by atoms with Gasteiger partial charge in [-0.05, 0) is 31.7 Å². The van der Waals surface area contributed by atoms with Gasteiger partial charge in [-0.25, -0.2) is 9.97 Å². The van der Waals surface area contributed by atoms with Crippen LogP contribution in [-0.4, -0.2) is 58.8 Å². The Morgan fingerprint density at radius 2 is 1.66 bits per heavy atom. The van der Waals surface area contributed by atoms with Crippen LogP contribution in [0.25, 0.3) is 0 Å². The molecule has 1 atom stereocenters. The molecule has 0 spiro atoms. The molecule has 1 N–H and O–H groups in total. The first-order valence-corrected chi connectivity index (χ1v) is 10.9. The summed E-state index contributed by atoms with van der Waals surface area (Å²) in [5.41, 5.74) is 5.01. The predicted molar refractivity (Wildman–Crippen MR) is 120 cm³/mol. The second kappa shape index (κ2) is 9.68. The van der Waals surface area contributed by atoms with Gasteiger partial charge >= 0.3 is 0 Å². The number of aliphatic hydroxyl groups excluding tert-OH is 1. The Labute approximate surface area is 175 Å². The van der Waals surface area contributed by atoms with Gasteiger partial charge in [0.15, 0.2) is 0 Å². The van der Waals surface area contributed by atoms with E-state index in [4.69, 9.17) is 9.97 Å². The smallest absolute Gasteiger partial charge is 0.136 e. The van der Waals surface area contributed by atoms with Crippen LogP contribution in [-0.2, 0) is 12.8 Å². The van der Waals surface area contributed by atoms with Crippen molar-refractivity contribution < 1.29 is 5.11 Å². The zero-order valence-electron chi connectivity index (χ0n) is 18.6. The molecule has 1 aromatic carbocycles. The molecule has 1 aliphatic rings. The van der Waals surface area contributed by atoms with Crippen molar-refractivity contribution in [3.05, 3.63) is 52.5 Å². The lowest BCUT2D eigenvalue weighted by molar-refractivity contribution is 0.0738. The van der Waals surface area contributed by atoms with Crippen molar-refractivity contribution in [2.24, 2.45) is 5.92 Å². The van der Waals surface area contributed by atoms with Gasteiger partial charge in [0.2, 0.25) is 0 Å². The number of piperazine rings is 1. The topological polar surface area (TPSA) is 52.5 Å². The molecule has 0 saturated carbocycles. The maximum atomic E-state index is 10.2. The number of benzene rings is 1. The van der Waals surface area contributed by atoms with E-state index in [1.807, 2.05) is 6.92 Å². The molecule has 0 amide bonds. The van der Waals surface area contributed by atoms with E-state index < -0.39 is 0 Å². The highest BCUT2D eigenvalue weighted by Gasteiger charge is 2.24. The number of hydrogen-bond donors (Lipinski definition) is 1. The van der Waals surface area contributed by atoms with Crippen LogP contribution in [0.5, 0.6) is 0 Å². The lowest BCUT2D eigenvalue weighted by Gasteiger charge is -2.37. The Bertz CT molecular complexity index is 795. The fraction of sp³-hybridized carbons (Fsp3) is 0.583. The number of aromatic nitrogens is 2. The molecular formula is C24H36N4O. The van der Waals surface area contributed by atoms with Crippen LogP contribution >= 0.6 is 0 Å². The highest BCUT2D eigenvalue weighted by molar-refractivity contribution is 5.52. The molecule has 29 heavy (non-hydrogen) atoms. The van der Waals surface area contributed by atoms with E-state index >= 15 is 0 Å². The first-order chi connectivity index (χ1) is 13.9. The van der Waals surface area contributed by atoms with Crippen molar-refractivity contribution in [2.75, 3.05) is 37.6 Å². The third kappa shape index (κ3) is 5.55. The van der Waals surface area contributed by atoms with E-state index in [-0.39, 0.29) is 6.10 Å². The molecule has 5 nitrogen and oxygen atoms in total. The van der Waals surface area contributed by atoms with Crippen LogP contribution in [0, 0.1) is 19.8 Å². The van der Waals surface area contributed by atoms with Gasteiger partial charge in [0.05, 0.1) is 6.10 Å². The average molecular weight is 397 g/mol. The summed E-state index contributed by atoms with van der Waals surface area (Å²) < 4.78 is 0. The zero-order valence-corrected chi connectivity index (χ0v) is 18.6. The molecule has 0 bridgehead atoms. The maximum Gasteiger partial charge on any atom is 0.136 e. The van der Waals surface area contributed by atoms with Crippen molar-refractivity contribution in [3.63, 3.8) is 0 Å². The fourth-order valence-corrected chi connectivity index (χ4v) is 3.90. The third-order valence-corrected chi connectivity index (χ3v) is 5.91. The lowest BCUT2D eigenvalue weighted by atomic mass is 10.0. The molecule has 2 aromatic rings. The second-order valence-corrected chi connectivity index (χ2v) is 8.63. The number of aryl methyl sites for hydroxylation is 3. The Hall–Kier alpha value is -1.98. The summed E-state index contributed by atoms with van der Waals surface area (Å²) in [5.74, 6) is 2.24. The summed E-state index contributed by atoms with van der Waals surface area (Å²) in [6, 6.07) is 8.77. The van der Waals surface area contributed by atoms with E-state index in [0.29, 0.717) is 5.92 Å². The Morgan fingerprint density at radius 1 is 1.00 bits per heavy atom. The molecule has 1 aliphatic heterocycles. The Balaban J connectivity index is 1.80. The SMILES string of the molecule is CCc1nc(C)nc(N2CCN(C[C@@H](O)C(C)C)CC2)c1Cc1ccc(C)cc1. The van der Waals surface area contributed by atoms with Crippen molar-refractivity contribution in [2.45, 2.75) is 53.6 Å². The number of anilines is 1. The van der Waals surface area contributed by atoms with Gasteiger partial charge in [0.1, 0.15) is 11.6 Å². The van der Waals surface area contributed by atoms with E-state index in [0.717, 1.165) is 62.9 Å². The largest absolute Gasteiger partial charge is 0.392 e. The quantitative estimate of drug-likeness (QED) is 0.777. The van der Waals surface area contributed by atoms with Gasteiger partial charge in [-0.3, -0.25) is 4.90 Å². The van der Waals surface area contributed by atoms with E-state index in [2.05, 4.69) is 61.8 Å². The molecule has 1 aromatic heterocycles. The van der Waals surface area contributed by atoms with Crippen LogP contribution in [0.1, 0.15) is 49.0 Å². The molecule has 1 saturated heterocycles. The standard InChI is InChI=1S/C24H36N4O/c1-6-22-21(15-20-9-7-18(4)8-10-20)24(26-19(5)25-22)28-13-11-27(12-14-28)16-23(29)17(2)3/h7-10,17,23,29H,6,11-16H2,1-5H3/t23-/m1/s1. The number of aliphatic hydroxyl groups is 1. The number of β-amino-alcohol motifs (C(OH)–C–C–N with tert-alkyl or cyclic N) is 1. The molecule has 3 rings (SSSR count). The first-order valence-electron chi connectivity index (χ1n) is 10.9. The van der Waals surface area contributed by atoms with Crippen LogP contribution < -0.4 is 4.90 Å². The van der Waals surface area contributed by atoms with Gasteiger partial charge in [-0.2, -0.15) is 0 Å². The van der Waals surface area contributed by atoms with Crippen molar-refractivity contribution in [1.82, 2.24) is 14.9 Å². The molecule has 0 aliphatic carbocycles. The summed E-state index contributed by atoms with van der Waals surface area (Å²) in [6.45, 7) is 15.0. The summed E-state index contributed by atoms with van der Waals surface area (Å²) in [4.78, 5) is 14.4. The number of nitrogens with zero attached hydrogens (tertiary/aromatic N) is 4. The summed E-state index contributed by atoms with van der Waals surface area (Å²) in [6.07, 6.45) is 1.52. The van der Waals surface area contributed by atoms with Crippen LogP contribution in [0.15, 0.2) is 24.3 Å². The number of hydrogen-bond acceptors (Lipinski definition) is 5. The highest BCUT2D eigenvalue weighted by Crippen LogP contribution is 2.26. The minimum Gasteiger partial charge on any atom is -0.392 e. The van der Waals surface area contributed by atoms with Gasteiger partial charge in [-0.1, -0.05) is 50.6 Å². The molecule has 2 heterocycles. The molecule has 1 fully saturated rings. The maximum absolute atomic E-state index is 10.2. The van der Waals surface area contributed by atoms with Crippen molar-refractivity contribution in [3.8, 4) is 0 Å². The Kier molecular flexibility index (Phi) is 7.25. The van der Waals surface area contributed by atoms with E-state index in [1.165, 1.54) is 16.7 Å². The van der Waals surface area contributed by atoms with Gasteiger partial charge in [-0.15, -0.1) is 0 Å². The molecular weight excluding hydrogens is 360 g/mol. The predicted octanol–water partition coefficient (Wildman–Crippen LogP) is 3.39. The Morgan fingerprint density at radius 3 is 2.24 bits per heavy atom. The second-order valence-electron chi connectivity index (χ2n) is 8.63. The first kappa shape index (κ1) is 21.7. The van der Waals surface area contributed by atoms with Gasteiger partial charge < -0.3 is 10.0 Å². The van der Waals surface area contributed by atoms with Crippen LogP contribution in [0.2, 0.25) is 0 Å². The molecule has 0 unspecified atom stereocenters. The fourth-order valence-electron chi connectivity index (χ4n) is 3.90. The normalized spacial score (nSPS) is 16.4. The third-order valence-electron chi connectivity index (χ3n) is 5.91. The molecule has 0 radical (unpaired) electrons. The van der Waals surface area contributed by atoms with Gasteiger partial charge in [0, 0.05) is 50.4 Å². The van der Waals surface area contributed by atoms with E-state index in [9.17, 15) is 5.11 Å². The molecule has 5 heteroatoms. The minimum atomic E-state index is -0.258. The summed E-state index contributed by atoms with van der Waals surface area (Å²) in [7, 11) is 0. The van der Waals surface area contributed by atoms with Crippen molar-refractivity contribution >= 4 is 5.82 Å². The highest BCUT2D eigenvalue weighted by atomic mass is 16.3. The average Bonchev–Trinajstić information content (AvgIpc) is 2.71.